The number of ether oxygens (including phenoxy) is 1. The zero-order valence-electron chi connectivity index (χ0n) is 12.9. The molecule has 0 radical (unpaired) electrons. The van der Waals surface area contributed by atoms with Crippen LogP contribution >= 0.6 is 11.3 Å². The van der Waals surface area contributed by atoms with E-state index < -0.39 is 30.1 Å². The van der Waals surface area contributed by atoms with Crippen LogP contribution in [0.4, 0.5) is 4.79 Å². The van der Waals surface area contributed by atoms with Crippen molar-refractivity contribution in [3.8, 4) is 0 Å². The van der Waals surface area contributed by atoms with E-state index in [0.717, 1.165) is 19.3 Å². The molecule has 1 aromatic heterocycles. The molecule has 6 nitrogen and oxygen atoms in total. The van der Waals surface area contributed by atoms with Crippen LogP contribution < -0.4 is 10.6 Å². The number of hydrogen-bond acceptors (Lipinski definition) is 5. The third-order valence-corrected chi connectivity index (χ3v) is 4.24. The lowest BCUT2D eigenvalue weighted by molar-refractivity contribution is -0.123. The Hall–Kier alpha value is -1.89. The Kier molecular flexibility index (Phi) is 4.85. The summed E-state index contributed by atoms with van der Waals surface area (Å²) >= 11 is 1.42. The van der Waals surface area contributed by atoms with E-state index >= 15 is 0 Å². The lowest BCUT2D eigenvalue weighted by Crippen LogP contribution is -2.49. The molecule has 0 fully saturated rings. The molecule has 7 heteroatoms. The van der Waals surface area contributed by atoms with Crippen LogP contribution in [0.1, 0.15) is 47.3 Å². The van der Waals surface area contributed by atoms with Crippen LogP contribution in [-0.2, 0) is 22.4 Å². The molecular weight excluding hydrogens is 304 g/mol. The lowest BCUT2D eigenvalue weighted by Gasteiger charge is -2.20. The summed E-state index contributed by atoms with van der Waals surface area (Å²) in [5, 5.41) is 4.71. The van der Waals surface area contributed by atoms with Crippen molar-refractivity contribution in [2.24, 2.45) is 0 Å². The van der Waals surface area contributed by atoms with Crippen LogP contribution in [0.15, 0.2) is 6.07 Å². The van der Waals surface area contributed by atoms with Crippen LogP contribution in [0.25, 0.3) is 0 Å². The van der Waals surface area contributed by atoms with Crippen molar-refractivity contribution in [2.45, 2.75) is 45.6 Å². The van der Waals surface area contributed by atoms with Gasteiger partial charge in [0.2, 0.25) is 0 Å². The summed E-state index contributed by atoms with van der Waals surface area (Å²) in [5.41, 5.74) is 0.754. The van der Waals surface area contributed by atoms with Gasteiger partial charge in [0.25, 0.3) is 5.91 Å². The fourth-order valence-corrected chi connectivity index (χ4v) is 3.31. The second-order valence-corrected chi connectivity index (χ2v) is 7.38. The summed E-state index contributed by atoms with van der Waals surface area (Å²) < 4.78 is 4.94. The number of carbonyl (C=O) groups excluding carboxylic acids is 3. The predicted octanol–water partition coefficient (Wildman–Crippen LogP) is 2.02. The first-order valence-electron chi connectivity index (χ1n) is 7.15. The molecule has 0 spiro atoms. The zero-order valence-corrected chi connectivity index (χ0v) is 13.8. The maximum Gasteiger partial charge on any atom is 0.348 e. The number of carbonyl (C=O) groups is 3. The number of fused-ring (bicyclic) bond motifs is 1. The number of esters is 1. The first-order valence-corrected chi connectivity index (χ1v) is 7.97. The molecule has 22 heavy (non-hydrogen) atoms. The molecular formula is C15H20N2O4S. The van der Waals surface area contributed by atoms with E-state index in [1.165, 1.54) is 21.8 Å². The van der Waals surface area contributed by atoms with Crippen LogP contribution in [0.2, 0.25) is 0 Å². The molecule has 1 aromatic rings. The average molecular weight is 324 g/mol. The SMILES string of the molecule is CC(C)(C)NC(=O)NC(=O)COC(=O)c1cc2c(s1)CCC2. The van der Waals surface area contributed by atoms with Gasteiger partial charge in [0.1, 0.15) is 4.88 Å². The van der Waals surface area contributed by atoms with Crippen molar-refractivity contribution in [2.75, 3.05) is 6.61 Å². The summed E-state index contributed by atoms with van der Waals surface area (Å²) in [6, 6.07) is 1.23. The molecule has 1 heterocycles. The van der Waals surface area contributed by atoms with Gasteiger partial charge >= 0.3 is 12.0 Å². The number of urea groups is 1. The Balaban J connectivity index is 1.78. The molecule has 0 atom stereocenters. The number of rotatable bonds is 3. The molecule has 1 aliphatic carbocycles. The van der Waals surface area contributed by atoms with E-state index in [9.17, 15) is 14.4 Å². The van der Waals surface area contributed by atoms with Crippen molar-refractivity contribution < 1.29 is 19.1 Å². The first kappa shape index (κ1) is 16.5. The summed E-state index contributed by atoms with van der Waals surface area (Å²) in [7, 11) is 0. The minimum absolute atomic E-state index is 0.446. The van der Waals surface area contributed by atoms with Gasteiger partial charge in [-0.15, -0.1) is 11.3 Å². The summed E-state index contributed by atoms with van der Waals surface area (Å²) in [6.45, 7) is 4.92. The van der Waals surface area contributed by atoms with Crippen molar-refractivity contribution in [1.29, 1.82) is 0 Å². The second-order valence-electron chi connectivity index (χ2n) is 6.24. The number of hydrogen-bond donors (Lipinski definition) is 2. The summed E-state index contributed by atoms with van der Waals surface area (Å²) in [4.78, 5) is 36.7. The normalized spacial score (nSPS) is 13.4. The molecule has 0 bridgehead atoms. The standard InChI is InChI=1S/C15H20N2O4S/c1-15(2,3)17-14(20)16-12(18)8-21-13(19)11-7-9-5-4-6-10(9)22-11/h7H,4-6,8H2,1-3H3,(H2,16,17,18,20). The van der Waals surface area contributed by atoms with E-state index in [4.69, 9.17) is 4.74 Å². The van der Waals surface area contributed by atoms with E-state index in [1.54, 1.807) is 20.8 Å². The number of amides is 3. The smallest absolute Gasteiger partial charge is 0.348 e. The minimum Gasteiger partial charge on any atom is -0.451 e. The molecule has 0 unspecified atom stereocenters. The third kappa shape index (κ3) is 4.56. The Morgan fingerprint density at radius 3 is 2.64 bits per heavy atom. The van der Waals surface area contributed by atoms with Gasteiger partial charge in [0, 0.05) is 10.4 Å². The van der Waals surface area contributed by atoms with E-state index in [1.807, 2.05) is 6.07 Å². The molecule has 0 saturated heterocycles. The van der Waals surface area contributed by atoms with E-state index in [0.29, 0.717) is 4.88 Å². The number of imide groups is 1. The third-order valence-electron chi connectivity index (χ3n) is 3.02. The zero-order chi connectivity index (χ0) is 16.3. The van der Waals surface area contributed by atoms with Crippen molar-refractivity contribution in [1.82, 2.24) is 10.6 Å². The lowest BCUT2D eigenvalue weighted by atomic mass is 10.1. The van der Waals surface area contributed by atoms with Crippen molar-refractivity contribution >= 4 is 29.2 Å². The largest absolute Gasteiger partial charge is 0.451 e. The van der Waals surface area contributed by atoms with Crippen molar-refractivity contribution in [3.05, 3.63) is 21.4 Å². The monoisotopic (exact) mass is 324 g/mol. The van der Waals surface area contributed by atoms with Crippen LogP contribution in [0, 0.1) is 0 Å². The van der Waals surface area contributed by atoms with Gasteiger partial charge in [0.15, 0.2) is 6.61 Å². The van der Waals surface area contributed by atoms with Gasteiger partial charge in [-0.2, -0.15) is 0 Å². The highest BCUT2D eigenvalue weighted by Gasteiger charge is 2.21. The second kappa shape index (κ2) is 6.48. The average Bonchev–Trinajstić information content (AvgIpc) is 2.93. The number of aryl methyl sites for hydroxylation is 2. The Morgan fingerprint density at radius 1 is 1.27 bits per heavy atom. The molecule has 0 aromatic carbocycles. The van der Waals surface area contributed by atoms with Crippen LogP contribution in [0.5, 0.6) is 0 Å². The molecule has 120 valence electrons. The van der Waals surface area contributed by atoms with Gasteiger partial charge in [-0.1, -0.05) is 0 Å². The molecule has 3 amide bonds. The highest BCUT2D eigenvalue weighted by atomic mass is 32.1. The predicted molar refractivity (Wildman–Crippen MR) is 83.1 cm³/mol. The highest BCUT2D eigenvalue weighted by molar-refractivity contribution is 7.14. The van der Waals surface area contributed by atoms with Gasteiger partial charge in [0.05, 0.1) is 0 Å². The quantitative estimate of drug-likeness (QED) is 0.833. The maximum absolute atomic E-state index is 11.9. The first-order chi connectivity index (χ1) is 10.2. The molecule has 0 saturated carbocycles. The summed E-state index contributed by atoms with van der Waals surface area (Å²) in [5.74, 6) is -1.18. The highest BCUT2D eigenvalue weighted by Crippen LogP contribution is 2.30. The van der Waals surface area contributed by atoms with E-state index in [2.05, 4.69) is 10.6 Å². The maximum atomic E-state index is 11.9. The van der Waals surface area contributed by atoms with Gasteiger partial charge in [-0.3, -0.25) is 10.1 Å². The Morgan fingerprint density at radius 2 is 2.00 bits per heavy atom. The van der Waals surface area contributed by atoms with Crippen molar-refractivity contribution in [3.63, 3.8) is 0 Å². The fourth-order valence-electron chi connectivity index (χ4n) is 2.17. The minimum atomic E-state index is -0.654. The Labute approximate surface area is 133 Å². The van der Waals surface area contributed by atoms with Gasteiger partial charge in [-0.05, 0) is 51.7 Å². The molecule has 2 rings (SSSR count). The molecule has 2 N–H and O–H groups in total. The Bertz CT molecular complexity index is 580. The topological polar surface area (TPSA) is 84.5 Å². The summed E-state index contributed by atoms with van der Waals surface area (Å²) in [6.07, 6.45) is 3.12. The van der Waals surface area contributed by atoms with Crippen LogP contribution in [0.3, 0.4) is 0 Å². The van der Waals surface area contributed by atoms with E-state index in [-0.39, 0.29) is 0 Å². The van der Waals surface area contributed by atoms with Gasteiger partial charge < -0.3 is 10.1 Å². The number of nitrogens with one attached hydrogen (secondary N) is 2. The molecule has 0 aliphatic heterocycles. The van der Waals surface area contributed by atoms with Crippen LogP contribution in [-0.4, -0.2) is 30.1 Å². The number of thiophene rings is 1. The van der Waals surface area contributed by atoms with Gasteiger partial charge in [-0.25, -0.2) is 9.59 Å². The molecule has 1 aliphatic rings. The fraction of sp³-hybridized carbons (Fsp3) is 0.533.